The lowest BCUT2D eigenvalue weighted by Gasteiger charge is -2.18. The second-order valence-corrected chi connectivity index (χ2v) is 9.17. The Morgan fingerprint density at radius 2 is 1.75 bits per heavy atom. The van der Waals surface area contributed by atoms with Crippen LogP contribution in [-0.4, -0.2) is 34.6 Å². The third kappa shape index (κ3) is 5.26. The lowest BCUT2D eigenvalue weighted by atomic mass is 9.84. The minimum Gasteiger partial charge on any atom is -0.465 e. The molecule has 0 bridgehead atoms. The summed E-state index contributed by atoms with van der Waals surface area (Å²) in [5.74, 6) is -2.47. The van der Waals surface area contributed by atoms with Gasteiger partial charge < -0.3 is 9.47 Å². The number of pyridine rings is 2. The summed E-state index contributed by atoms with van der Waals surface area (Å²) in [4.78, 5) is 46.4. The van der Waals surface area contributed by atoms with Crippen LogP contribution in [0.15, 0.2) is 84.2 Å². The molecule has 1 aliphatic carbocycles. The maximum Gasteiger partial charge on any atom is 0.339 e. The van der Waals surface area contributed by atoms with Crippen LogP contribution in [0, 0.1) is 11.6 Å². The van der Waals surface area contributed by atoms with Gasteiger partial charge in [-0.15, -0.1) is 0 Å². The highest BCUT2D eigenvalue weighted by Gasteiger charge is 2.27. The Morgan fingerprint density at radius 1 is 0.975 bits per heavy atom. The van der Waals surface area contributed by atoms with Crippen molar-refractivity contribution in [2.45, 2.75) is 19.8 Å². The van der Waals surface area contributed by atoms with Crippen LogP contribution in [0.3, 0.4) is 0 Å². The summed E-state index contributed by atoms with van der Waals surface area (Å²) >= 11 is 0. The molecule has 1 aliphatic rings. The fourth-order valence-electron chi connectivity index (χ4n) is 4.47. The minimum atomic E-state index is -0.715. The smallest absolute Gasteiger partial charge is 0.339 e. The first-order valence-corrected chi connectivity index (χ1v) is 12.3. The number of hydrogen-bond donors (Lipinski definition) is 0. The molecule has 2 aromatic heterocycles. The number of benzene rings is 2. The zero-order chi connectivity index (χ0) is 28.4. The molecule has 0 saturated carbocycles. The maximum absolute atomic E-state index is 15.0. The summed E-state index contributed by atoms with van der Waals surface area (Å²) in [6.07, 6.45) is 4.54. The summed E-state index contributed by atoms with van der Waals surface area (Å²) < 4.78 is 38.9. The van der Waals surface area contributed by atoms with Gasteiger partial charge in [-0.25, -0.2) is 18.6 Å². The number of methoxy groups -OCH3 is 1. The maximum atomic E-state index is 15.0. The molecular formula is C31H22F2N2O5. The molecule has 200 valence electrons. The topological polar surface area (TPSA) is 95.5 Å². The first-order chi connectivity index (χ1) is 19.2. The standard InChI is InChI=1S/C31H22F2N2O5/c1-17-3-9-22(30(37)28(17)19-5-7-21(32)8-6-19)25(36)14-18-4-10-26(23(33)13-18)40-27-11-12-34-24-15-20(31(38)39-2)16-35-29(24)27/h4-13,15-16H,3,14H2,1-2H3. The van der Waals surface area contributed by atoms with Crippen LogP contribution in [0.5, 0.6) is 11.5 Å². The molecule has 0 aliphatic heterocycles. The number of Topliss-reactive ketones (excluding diaryl/α,β-unsaturated/α-hetero) is 2. The Kier molecular flexibility index (Phi) is 7.29. The van der Waals surface area contributed by atoms with Gasteiger partial charge in [0.15, 0.2) is 28.9 Å². The Labute approximate surface area is 227 Å². The van der Waals surface area contributed by atoms with Gasteiger partial charge in [0.1, 0.15) is 11.3 Å². The molecular weight excluding hydrogens is 518 g/mol. The van der Waals surface area contributed by atoms with Gasteiger partial charge in [-0.3, -0.25) is 14.6 Å². The summed E-state index contributed by atoms with van der Waals surface area (Å²) in [6, 6.07) is 12.6. The van der Waals surface area contributed by atoms with E-state index in [1.54, 1.807) is 13.0 Å². The predicted octanol–water partition coefficient (Wildman–Crippen LogP) is 5.97. The van der Waals surface area contributed by atoms with E-state index in [9.17, 15) is 18.8 Å². The van der Waals surface area contributed by atoms with Gasteiger partial charge in [-0.1, -0.05) is 29.8 Å². The third-order valence-corrected chi connectivity index (χ3v) is 6.49. The summed E-state index contributed by atoms with van der Waals surface area (Å²) in [5, 5.41) is 0. The van der Waals surface area contributed by atoms with Crippen LogP contribution in [0.25, 0.3) is 16.6 Å². The number of carbonyl (C=O) groups is 3. The van der Waals surface area contributed by atoms with Crippen molar-refractivity contribution in [1.29, 1.82) is 0 Å². The van der Waals surface area contributed by atoms with E-state index in [4.69, 9.17) is 9.47 Å². The van der Waals surface area contributed by atoms with Crippen molar-refractivity contribution in [2.75, 3.05) is 7.11 Å². The molecule has 7 nitrogen and oxygen atoms in total. The van der Waals surface area contributed by atoms with Crippen LogP contribution in [0.1, 0.15) is 34.8 Å². The molecule has 0 radical (unpaired) electrons. The minimum absolute atomic E-state index is 0.0197. The van der Waals surface area contributed by atoms with E-state index in [-0.39, 0.29) is 29.1 Å². The first-order valence-electron chi connectivity index (χ1n) is 12.3. The average molecular weight is 541 g/mol. The number of rotatable bonds is 7. The van der Waals surface area contributed by atoms with Gasteiger partial charge in [0.05, 0.1) is 23.8 Å². The van der Waals surface area contributed by atoms with Crippen molar-refractivity contribution in [3.8, 4) is 11.5 Å². The van der Waals surface area contributed by atoms with Crippen LogP contribution < -0.4 is 4.74 Å². The zero-order valence-electron chi connectivity index (χ0n) is 21.5. The molecule has 0 atom stereocenters. The molecule has 0 N–H and O–H groups in total. The van der Waals surface area contributed by atoms with E-state index in [2.05, 4.69) is 9.97 Å². The second kappa shape index (κ2) is 11.0. The van der Waals surface area contributed by atoms with Gasteiger partial charge in [-0.05, 0) is 54.8 Å². The van der Waals surface area contributed by atoms with Gasteiger partial charge in [0.2, 0.25) is 0 Å². The summed E-state index contributed by atoms with van der Waals surface area (Å²) in [6.45, 7) is 1.79. The van der Waals surface area contributed by atoms with E-state index in [0.717, 1.165) is 5.57 Å². The molecule has 2 heterocycles. The normalized spacial score (nSPS) is 13.3. The molecule has 2 aromatic carbocycles. The van der Waals surface area contributed by atoms with Gasteiger partial charge >= 0.3 is 5.97 Å². The van der Waals surface area contributed by atoms with Crippen molar-refractivity contribution in [1.82, 2.24) is 9.97 Å². The number of ketones is 2. The van der Waals surface area contributed by atoms with Gasteiger partial charge in [-0.2, -0.15) is 0 Å². The second-order valence-electron chi connectivity index (χ2n) is 9.17. The van der Waals surface area contributed by atoms with Crippen molar-refractivity contribution >= 4 is 34.1 Å². The highest BCUT2D eigenvalue weighted by molar-refractivity contribution is 6.39. The summed E-state index contributed by atoms with van der Waals surface area (Å²) in [5.41, 5.74) is 2.95. The molecule has 4 aromatic rings. The van der Waals surface area contributed by atoms with E-state index >= 15 is 4.39 Å². The molecule has 0 unspecified atom stereocenters. The van der Waals surface area contributed by atoms with E-state index in [0.29, 0.717) is 34.2 Å². The summed E-state index contributed by atoms with van der Waals surface area (Å²) in [7, 11) is 1.26. The number of halogens is 2. The highest BCUT2D eigenvalue weighted by Crippen LogP contribution is 2.32. The van der Waals surface area contributed by atoms with Crippen molar-refractivity contribution in [3.63, 3.8) is 0 Å². The molecule has 0 fully saturated rings. The monoisotopic (exact) mass is 540 g/mol. The lowest BCUT2D eigenvalue weighted by Crippen LogP contribution is -2.20. The predicted molar refractivity (Wildman–Crippen MR) is 143 cm³/mol. The third-order valence-electron chi connectivity index (χ3n) is 6.49. The lowest BCUT2D eigenvalue weighted by molar-refractivity contribution is -0.118. The Hall–Kier alpha value is -5.05. The average Bonchev–Trinajstić information content (AvgIpc) is 2.95. The van der Waals surface area contributed by atoms with Crippen LogP contribution in [-0.2, 0) is 20.7 Å². The Balaban J connectivity index is 1.32. The number of carbonyl (C=O) groups excluding carboxylic acids is 3. The quantitative estimate of drug-likeness (QED) is 0.210. The van der Waals surface area contributed by atoms with Crippen molar-refractivity contribution in [2.24, 2.45) is 0 Å². The van der Waals surface area contributed by atoms with E-state index in [1.165, 1.54) is 74.1 Å². The fraction of sp³-hybridized carbons (Fsp3) is 0.129. The number of hydrogen-bond acceptors (Lipinski definition) is 7. The molecule has 40 heavy (non-hydrogen) atoms. The molecule has 0 saturated heterocycles. The van der Waals surface area contributed by atoms with Crippen LogP contribution in [0.2, 0.25) is 0 Å². The SMILES string of the molecule is COC(=O)c1cnc2c(Oc3ccc(CC(=O)C4=CCC(C)=C(c5ccc(F)cc5)C4=O)cc3F)ccnc2c1. The number of ether oxygens (including phenoxy) is 2. The number of esters is 1. The zero-order valence-corrected chi connectivity index (χ0v) is 21.5. The van der Waals surface area contributed by atoms with E-state index < -0.39 is 29.2 Å². The fourth-order valence-corrected chi connectivity index (χ4v) is 4.47. The Bertz CT molecular complexity index is 1740. The number of fused-ring (bicyclic) bond motifs is 1. The molecule has 0 amide bonds. The molecule has 5 rings (SSSR count). The van der Waals surface area contributed by atoms with Crippen LogP contribution in [0.4, 0.5) is 8.78 Å². The van der Waals surface area contributed by atoms with Gasteiger partial charge in [0, 0.05) is 30.5 Å². The van der Waals surface area contributed by atoms with Crippen molar-refractivity contribution in [3.05, 3.63) is 113 Å². The number of allylic oxidation sites excluding steroid dienone is 4. The number of aromatic nitrogens is 2. The molecule has 0 spiro atoms. The van der Waals surface area contributed by atoms with Gasteiger partial charge in [0.25, 0.3) is 0 Å². The Morgan fingerprint density at radius 3 is 2.48 bits per heavy atom. The highest BCUT2D eigenvalue weighted by atomic mass is 19.1. The van der Waals surface area contributed by atoms with E-state index in [1.807, 2.05) is 0 Å². The van der Waals surface area contributed by atoms with Crippen LogP contribution >= 0.6 is 0 Å². The molecule has 9 heteroatoms. The number of nitrogens with zero attached hydrogens (tertiary/aromatic N) is 2. The first kappa shape index (κ1) is 26.6. The largest absolute Gasteiger partial charge is 0.465 e. The van der Waals surface area contributed by atoms with Crippen molar-refractivity contribution < 1.29 is 32.6 Å².